The number of carbonyl (C=O) groups is 2. The molecule has 0 saturated carbocycles. The van der Waals surface area contributed by atoms with Crippen LogP contribution in [0.25, 0.3) is 0 Å². The van der Waals surface area contributed by atoms with Crippen molar-refractivity contribution in [2.24, 2.45) is 0 Å². The Morgan fingerprint density at radius 2 is 2.04 bits per heavy atom. The Labute approximate surface area is 142 Å². The van der Waals surface area contributed by atoms with Gasteiger partial charge in [-0.3, -0.25) is 14.5 Å². The fourth-order valence-electron chi connectivity index (χ4n) is 3.44. The first-order chi connectivity index (χ1) is 11.7. The highest BCUT2D eigenvalue weighted by atomic mass is 16.2. The van der Waals surface area contributed by atoms with Gasteiger partial charge in [-0.25, -0.2) is 0 Å². The van der Waals surface area contributed by atoms with E-state index >= 15 is 0 Å². The molecular formula is C16H26N6O2. The lowest BCUT2D eigenvalue weighted by atomic mass is 9.88. The number of rotatable bonds is 5. The molecule has 0 radical (unpaired) electrons. The van der Waals surface area contributed by atoms with Gasteiger partial charge in [-0.05, 0) is 25.7 Å². The monoisotopic (exact) mass is 334 g/mol. The molecule has 1 atom stereocenters. The van der Waals surface area contributed by atoms with Crippen LogP contribution in [0, 0.1) is 0 Å². The summed E-state index contributed by atoms with van der Waals surface area (Å²) in [5.74, 6) is 0.0583. The number of nitrogens with one attached hydrogen (secondary N) is 2. The molecule has 0 aromatic carbocycles. The van der Waals surface area contributed by atoms with Crippen LogP contribution in [0.3, 0.4) is 0 Å². The van der Waals surface area contributed by atoms with Crippen molar-refractivity contribution in [3.05, 3.63) is 11.4 Å². The SMILES string of the molecule is CCCNC(=O)CN1CCN(C(=O)C2CCCc3n[nH]nc32)CC1. The zero-order valence-corrected chi connectivity index (χ0v) is 14.3. The van der Waals surface area contributed by atoms with Gasteiger partial charge in [-0.15, -0.1) is 0 Å². The molecule has 2 aliphatic rings. The van der Waals surface area contributed by atoms with Crippen LogP contribution in [0.4, 0.5) is 0 Å². The summed E-state index contributed by atoms with van der Waals surface area (Å²) in [4.78, 5) is 28.6. The minimum atomic E-state index is -0.160. The summed E-state index contributed by atoms with van der Waals surface area (Å²) < 4.78 is 0. The van der Waals surface area contributed by atoms with Crippen molar-refractivity contribution < 1.29 is 9.59 Å². The quantitative estimate of drug-likeness (QED) is 0.784. The van der Waals surface area contributed by atoms with Gasteiger partial charge in [-0.2, -0.15) is 15.4 Å². The number of nitrogens with zero attached hydrogens (tertiary/aromatic N) is 4. The van der Waals surface area contributed by atoms with Gasteiger partial charge in [0.25, 0.3) is 0 Å². The minimum Gasteiger partial charge on any atom is -0.355 e. The number of hydrogen-bond acceptors (Lipinski definition) is 5. The highest BCUT2D eigenvalue weighted by molar-refractivity contribution is 5.84. The minimum absolute atomic E-state index is 0.0659. The van der Waals surface area contributed by atoms with Crippen LogP contribution in [-0.2, 0) is 16.0 Å². The van der Waals surface area contributed by atoms with E-state index in [-0.39, 0.29) is 17.7 Å². The van der Waals surface area contributed by atoms with E-state index in [2.05, 4.69) is 25.6 Å². The summed E-state index contributed by atoms with van der Waals surface area (Å²) in [6.45, 7) is 5.99. The van der Waals surface area contributed by atoms with Gasteiger partial charge in [0, 0.05) is 32.7 Å². The van der Waals surface area contributed by atoms with Crippen molar-refractivity contribution in [3.63, 3.8) is 0 Å². The molecule has 8 heteroatoms. The lowest BCUT2D eigenvalue weighted by Gasteiger charge is -2.36. The van der Waals surface area contributed by atoms with E-state index in [9.17, 15) is 9.59 Å². The van der Waals surface area contributed by atoms with E-state index < -0.39 is 0 Å². The molecular weight excluding hydrogens is 308 g/mol. The average Bonchev–Trinajstić information content (AvgIpc) is 3.08. The van der Waals surface area contributed by atoms with E-state index in [4.69, 9.17) is 0 Å². The third-order valence-electron chi connectivity index (χ3n) is 4.81. The molecule has 132 valence electrons. The van der Waals surface area contributed by atoms with Crippen LogP contribution in [0.5, 0.6) is 0 Å². The molecule has 2 amide bonds. The van der Waals surface area contributed by atoms with Gasteiger partial charge >= 0.3 is 0 Å². The van der Waals surface area contributed by atoms with Gasteiger partial charge in [0.2, 0.25) is 11.8 Å². The predicted molar refractivity (Wildman–Crippen MR) is 88.4 cm³/mol. The Morgan fingerprint density at radius 3 is 2.79 bits per heavy atom. The molecule has 0 spiro atoms. The van der Waals surface area contributed by atoms with Crippen molar-refractivity contribution in [1.29, 1.82) is 0 Å². The molecule has 1 aromatic heterocycles. The van der Waals surface area contributed by atoms with E-state index in [0.717, 1.165) is 56.7 Å². The molecule has 1 aliphatic carbocycles. The first-order valence-corrected chi connectivity index (χ1v) is 8.86. The van der Waals surface area contributed by atoms with Gasteiger partial charge in [0.1, 0.15) is 0 Å². The Morgan fingerprint density at radius 1 is 1.25 bits per heavy atom. The zero-order chi connectivity index (χ0) is 16.9. The van der Waals surface area contributed by atoms with Crippen LogP contribution < -0.4 is 5.32 Å². The van der Waals surface area contributed by atoms with Gasteiger partial charge < -0.3 is 10.2 Å². The van der Waals surface area contributed by atoms with E-state index in [1.807, 2.05) is 11.8 Å². The van der Waals surface area contributed by atoms with Gasteiger partial charge in [0.05, 0.1) is 23.9 Å². The summed E-state index contributed by atoms with van der Waals surface area (Å²) in [6, 6.07) is 0. The third kappa shape index (κ3) is 3.75. The second-order valence-corrected chi connectivity index (χ2v) is 6.55. The Bertz CT molecular complexity index is 579. The summed E-state index contributed by atoms with van der Waals surface area (Å²) in [5, 5.41) is 13.9. The molecule has 2 heterocycles. The maximum Gasteiger partial charge on any atom is 0.234 e. The largest absolute Gasteiger partial charge is 0.355 e. The molecule has 24 heavy (non-hydrogen) atoms. The van der Waals surface area contributed by atoms with Crippen molar-refractivity contribution in [2.45, 2.75) is 38.5 Å². The number of fused-ring (bicyclic) bond motifs is 1. The Hall–Kier alpha value is -1.96. The average molecular weight is 334 g/mol. The van der Waals surface area contributed by atoms with Crippen molar-refractivity contribution >= 4 is 11.8 Å². The normalized spacial score (nSPS) is 21.4. The summed E-state index contributed by atoms with van der Waals surface area (Å²) in [6.07, 6.45) is 3.67. The summed E-state index contributed by atoms with van der Waals surface area (Å²) in [5.41, 5.74) is 1.76. The second-order valence-electron chi connectivity index (χ2n) is 6.55. The molecule has 1 aromatic rings. The molecule has 8 nitrogen and oxygen atoms in total. The molecule has 1 aliphatic heterocycles. The highest BCUT2D eigenvalue weighted by Gasteiger charge is 2.34. The number of aromatic amines is 1. The number of piperazine rings is 1. The zero-order valence-electron chi connectivity index (χ0n) is 14.3. The van der Waals surface area contributed by atoms with Crippen molar-refractivity contribution in [1.82, 2.24) is 30.5 Å². The fourth-order valence-corrected chi connectivity index (χ4v) is 3.44. The van der Waals surface area contributed by atoms with Crippen LogP contribution in [-0.4, -0.2) is 76.3 Å². The second kappa shape index (κ2) is 7.74. The van der Waals surface area contributed by atoms with Crippen LogP contribution in [0.15, 0.2) is 0 Å². The topological polar surface area (TPSA) is 94.2 Å². The molecule has 1 saturated heterocycles. The molecule has 1 unspecified atom stereocenters. The maximum absolute atomic E-state index is 12.8. The van der Waals surface area contributed by atoms with Gasteiger partial charge in [0.15, 0.2) is 0 Å². The van der Waals surface area contributed by atoms with E-state index in [0.29, 0.717) is 19.6 Å². The number of aryl methyl sites for hydroxylation is 1. The first-order valence-electron chi connectivity index (χ1n) is 8.86. The smallest absolute Gasteiger partial charge is 0.234 e. The predicted octanol–water partition coefficient (Wildman–Crippen LogP) is -0.105. The molecule has 3 rings (SSSR count). The number of hydrogen-bond donors (Lipinski definition) is 2. The lowest BCUT2D eigenvalue weighted by Crippen LogP contribution is -2.52. The molecule has 0 bridgehead atoms. The van der Waals surface area contributed by atoms with Crippen LogP contribution >= 0.6 is 0 Å². The first kappa shape index (κ1) is 16.9. The number of carbonyl (C=O) groups excluding carboxylic acids is 2. The van der Waals surface area contributed by atoms with Crippen molar-refractivity contribution in [2.75, 3.05) is 39.3 Å². The maximum atomic E-state index is 12.8. The fraction of sp³-hybridized carbons (Fsp3) is 0.750. The Kier molecular flexibility index (Phi) is 5.44. The summed E-state index contributed by atoms with van der Waals surface area (Å²) in [7, 11) is 0. The van der Waals surface area contributed by atoms with Crippen molar-refractivity contribution in [3.8, 4) is 0 Å². The standard InChI is InChI=1S/C16H26N6O2/c1-2-6-17-14(23)11-21-7-9-22(10-8-21)16(24)12-4-3-5-13-15(12)19-20-18-13/h12H,2-11H2,1H3,(H,17,23)(H,18,19,20). The van der Waals surface area contributed by atoms with Gasteiger partial charge in [-0.1, -0.05) is 6.92 Å². The summed E-state index contributed by atoms with van der Waals surface area (Å²) >= 11 is 0. The lowest BCUT2D eigenvalue weighted by molar-refractivity contribution is -0.135. The number of amides is 2. The number of H-pyrrole nitrogens is 1. The molecule has 2 N–H and O–H groups in total. The molecule has 1 fully saturated rings. The highest BCUT2D eigenvalue weighted by Crippen LogP contribution is 2.30. The Balaban J connectivity index is 1.50. The third-order valence-corrected chi connectivity index (χ3v) is 4.81. The van der Waals surface area contributed by atoms with Crippen LogP contribution in [0.1, 0.15) is 43.5 Å². The van der Waals surface area contributed by atoms with Crippen LogP contribution in [0.2, 0.25) is 0 Å². The van der Waals surface area contributed by atoms with E-state index in [1.165, 1.54) is 0 Å². The number of aromatic nitrogens is 3. The van der Waals surface area contributed by atoms with E-state index in [1.54, 1.807) is 0 Å².